The highest BCUT2D eigenvalue weighted by Crippen LogP contribution is 2.65. The summed E-state index contributed by atoms with van der Waals surface area (Å²) in [4.78, 5) is 43.7. The van der Waals surface area contributed by atoms with Crippen LogP contribution in [0.1, 0.15) is 33.1 Å². The monoisotopic (exact) mass is 541 g/mol. The summed E-state index contributed by atoms with van der Waals surface area (Å²) in [7, 11) is 0. The van der Waals surface area contributed by atoms with Crippen molar-refractivity contribution in [3.05, 3.63) is 72.8 Å². The average molecular weight is 542 g/mol. The van der Waals surface area contributed by atoms with Gasteiger partial charge in [0, 0.05) is 24.5 Å². The lowest BCUT2D eigenvalue weighted by atomic mass is 9.62. The van der Waals surface area contributed by atoms with Crippen LogP contribution >= 0.6 is 0 Å². The van der Waals surface area contributed by atoms with Gasteiger partial charge >= 0.3 is 0 Å². The number of para-hydroxylation sites is 1. The van der Waals surface area contributed by atoms with Crippen LogP contribution in [0, 0.1) is 17.8 Å². The molecule has 3 saturated heterocycles. The Bertz CT molecular complexity index is 1460. The van der Waals surface area contributed by atoms with Gasteiger partial charge in [-0.25, -0.2) is 0 Å². The Morgan fingerprint density at radius 1 is 0.950 bits per heavy atom. The van der Waals surface area contributed by atoms with Crippen LogP contribution in [0.5, 0.6) is 0 Å². The lowest BCUT2D eigenvalue weighted by Crippen LogP contribution is -2.54. The molecule has 1 spiro atoms. The highest BCUT2D eigenvalue weighted by Gasteiger charge is 2.79. The number of carbonyl (C=O) groups is 3. The van der Waals surface area contributed by atoms with Gasteiger partial charge in [0.05, 0.1) is 17.4 Å². The first-order chi connectivity index (χ1) is 19.3. The molecule has 3 aromatic carbocycles. The van der Waals surface area contributed by atoms with Gasteiger partial charge in [-0.1, -0.05) is 55.5 Å². The van der Waals surface area contributed by atoms with Crippen molar-refractivity contribution in [2.45, 2.75) is 50.4 Å². The van der Waals surface area contributed by atoms with E-state index in [2.05, 4.69) is 10.6 Å². The molecule has 3 fully saturated rings. The van der Waals surface area contributed by atoms with Crippen LogP contribution in [0.4, 0.5) is 11.4 Å². The molecule has 3 N–H and O–H groups in total. The number of fused-ring (bicyclic) bond motifs is 2. The predicted octanol–water partition coefficient (Wildman–Crippen LogP) is 4.20. The van der Waals surface area contributed by atoms with Crippen LogP contribution in [-0.4, -0.2) is 58.1 Å². The molecule has 0 aliphatic carbocycles. The molecule has 2 bridgehead atoms. The normalized spacial score (nSPS) is 30.5. The summed E-state index contributed by atoms with van der Waals surface area (Å²) in [5.41, 5.74) is -0.727. The predicted molar refractivity (Wildman–Crippen MR) is 152 cm³/mol. The summed E-state index contributed by atoms with van der Waals surface area (Å²) in [6, 6.07) is 21.9. The van der Waals surface area contributed by atoms with E-state index in [1.807, 2.05) is 86.6 Å². The molecular weight excluding hydrogens is 506 g/mol. The Morgan fingerprint density at radius 2 is 1.65 bits per heavy atom. The molecule has 3 heterocycles. The van der Waals surface area contributed by atoms with Gasteiger partial charge in [0.25, 0.3) is 0 Å². The van der Waals surface area contributed by atoms with E-state index >= 15 is 0 Å². The molecule has 8 nitrogen and oxygen atoms in total. The summed E-state index contributed by atoms with van der Waals surface area (Å²) < 4.78 is 6.77. The topological polar surface area (TPSA) is 108 Å². The number of nitrogens with zero attached hydrogens (tertiary/aromatic N) is 1. The van der Waals surface area contributed by atoms with E-state index in [0.29, 0.717) is 37.2 Å². The maximum Gasteiger partial charge on any atom is 0.250 e. The Kier molecular flexibility index (Phi) is 6.63. The fourth-order valence-electron chi connectivity index (χ4n) is 7.29. The Balaban J connectivity index is 1.36. The van der Waals surface area contributed by atoms with E-state index in [1.54, 1.807) is 4.90 Å². The van der Waals surface area contributed by atoms with Crippen LogP contribution in [-0.2, 0) is 19.1 Å². The molecule has 3 aliphatic heterocycles. The Hall–Kier alpha value is -3.75. The molecule has 0 radical (unpaired) electrons. The molecule has 40 heavy (non-hydrogen) atoms. The van der Waals surface area contributed by atoms with Crippen molar-refractivity contribution < 1.29 is 24.2 Å². The molecule has 3 unspecified atom stereocenters. The molecule has 208 valence electrons. The molecule has 6 rings (SSSR count). The van der Waals surface area contributed by atoms with Gasteiger partial charge in [-0.3, -0.25) is 14.4 Å². The van der Waals surface area contributed by atoms with Gasteiger partial charge in [-0.2, -0.15) is 0 Å². The molecule has 0 aromatic heterocycles. The largest absolute Gasteiger partial charge is 0.396 e. The molecule has 3 aromatic rings. The van der Waals surface area contributed by atoms with Crippen LogP contribution in [0.25, 0.3) is 10.8 Å². The maximum absolute atomic E-state index is 14.1. The van der Waals surface area contributed by atoms with Gasteiger partial charge in [-0.15, -0.1) is 0 Å². The molecular formula is C32H35N3O5. The van der Waals surface area contributed by atoms with Gasteiger partial charge in [0.2, 0.25) is 17.7 Å². The lowest BCUT2D eigenvalue weighted by molar-refractivity contribution is -0.144. The fraction of sp³-hybridized carbons (Fsp3) is 0.406. The molecule has 0 saturated carbocycles. The fourth-order valence-corrected chi connectivity index (χ4v) is 7.29. The number of ether oxygens (including phenoxy) is 1. The van der Waals surface area contributed by atoms with Crippen molar-refractivity contribution in [3.63, 3.8) is 0 Å². The number of hydrogen-bond donors (Lipinski definition) is 3. The number of hydrogen-bond acceptors (Lipinski definition) is 5. The number of aliphatic hydroxyl groups is 1. The average Bonchev–Trinajstić information content (AvgIpc) is 3.46. The number of likely N-dealkylation sites (tertiary alicyclic amines) is 1. The van der Waals surface area contributed by atoms with Crippen LogP contribution in [0.2, 0.25) is 0 Å². The van der Waals surface area contributed by atoms with Crippen molar-refractivity contribution in [1.82, 2.24) is 4.90 Å². The second-order valence-electron chi connectivity index (χ2n) is 11.6. The molecule has 3 amide bonds. The smallest absolute Gasteiger partial charge is 0.250 e. The first-order valence-corrected chi connectivity index (χ1v) is 14.1. The standard InChI is InChI=1S/C32H35N3O5/c1-20-19-32-26(25(31(20,2)40-32)28(37)33-23-12-4-3-5-13-23)30(39)35(16-8-9-17-36)27(32)29(38)34-24-15-14-21-10-6-7-11-22(21)18-24/h3-7,10-15,18,20,25-27,36H,8-9,16-17,19H2,1-2H3,(H,33,37)(H,34,38)/t20?,25-,26-,27?,31+,32?/m0/s1. The summed E-state index contributed by atoms with van der Waals surface area (Å²) in [6.07, 6.45) is 1.55. The van der Waals surface area contributed by atoms with Crippen molar-refractivity contribution >= 4 is 39.9 Å². The third-order valence-electron chi connectivity index (χ3n) is 9.21. The summed E-state index contributed by atoms with van der Waals surface area (Å²) >= 11 is 0. The first kappa shape index (κ1) is 26.5. The lowest BCUT2D eigenvalue weighted by Gasteiger charge is -2.36. The maximum atomic E-state index is 14.1. The third kappa shape index (κ3) is 4.09. The zero-order valence-corrected chi connectivity index (χ0v) is 22.8. The minimum atomic E-state index is -1.12. The van der Waals surface area contributed by atoms with Gasteiger partial charge in [-0.05, 0) is 67.1 Å². The zero-order chi connectivity index (χ0) is 28.1. The third-order valence-corrected chi connectivity index (χ3v) is 9.21. The SMILES string of the molecule is CC1CC23O[C@@]1(C)[C@H](C(=O)Nc1ccccc1)[C@H]2C(=O)N(CCCCO)C3C(=O)Nc1ccc2ccccc2c1. The molecule has 8 heteroatoms. The molecule has 6 atom stereocenters. The Labute approximate surface area is 233 Å². The van der Waals surface area contributed by atoms with Gasteiger partial charge < -0.3 is 25.4 Å². The quantitative estimate of drug-likeness (QED) is 0.371. The second-order valence-corrected chi connectivity index (χ2v) is 11.6. The van der Waals surface area contributed by atoms with Crippen LogP contribution in [0.15, 0.2) is 72.8 Å². The number of rotatable bonds is 8. The second kappa shape index (κ2) is 10.0. The van der Waals surface area contributed by atoms with Crippen LogP contribution in [0.3, 0.4) is 0 Å². The van der Waals surface area contributed by atoms with E-state index in [0.717, 1.165) is 10.8 Å². The number of benzene rings is 3. The highest BCUT2D eigenvalue weighted by atomic mass is 16.5. The zero-order valence-electron chi connectivity index (χ0n) is 22.8. The Morgan fingerprint density at radius 3 is 2.40 bits per heavy atom. The van der Waals surface area contributed by atoms with E-state index in [1.165, 1.54) is 0 Å². The van der Waals surface area contributed by atoms with Crippen LogP contribution < -0.4 is 10.6 Å². The number of amides is 3. The van der Waals surface area contributed by atoms with Gasteiger partial charge in [0.1, 0.15) is 11.6 Å². The van der Waals surface area contributed by atoms with E-state index in [9.17, 15) is 19.5 Å². The number of nitrogens with one attached hydrogen (secondary N) is 2. The minimum absolute atomic E-state index is 0.00172. The molecule has 3 aliphatic rings. The van der Waals surface area contributed by atoms with E-state index < -0.39 is 29.1 Å². The van der Waals surface area contributed by atoms with Gasteiger partial charge in [0.15, 0.2) is 0 Å². The summed E-state index contributed by atoms with van der Waals surface area (Å²) in [5.74, 6) is -2.40. The highest BCUT2D eigenvalue weighted by molar-refractivity contribution is 6.06. The number of anilines is 2. The minimum Gasteiger partial charge on any atom is -0.396 e. The number of aliphatic hydroxyl groups excluding tert-OH is 1. The summed E-state index contributed by atoms with van der Waals surface area (Å²) in [5, 5.41) is 17.5. The summed E-state index contributed by atoms with van der Waals surface area (Å²) in [6.45, 7) is 4.24. The van der Waals surface area contributed by atoms with Crippen molar-refractivity contribution in [1.29, 1.82) is 0 Å². The first-order valence-electron chi connectivity index (χ1n) is 14.1. The number of unbranched alkanes of at least 4 members (excludes halogenated alkanes) is 1. The van der Waals surface area contributed by atoms with Crippen molar-refractivity contribution in [2.24, 2.45) is 17.8 Å². The van der Waals surface area contributed by atoms with E-state index in [4.69, 9.17) is 4.74 Å². The van der Waals surface area contributed by atoms with Crippen molar-refractivity contribution in [3.8, 4) is 0 Å². The number of carbonyl (C=O) groups excluding carboxylic acids is 3. The van der Waals surface area contributed by atoms with Crippen molar-refractivity contribution in [2.75, 3.05) is 23.8 Å². The van der Waals surface area contributed by atoms with E-state index in [-0.39, 0.29) is 30.2 Å².